The fourth-order valence-electron chi connectivity index (χ4n) is 3.24. The summed E-state index contributed by atoms with van der Waals surface area (Å²) in [6.45, 7) is 0. The van der Waals surface area contributed by atoms with E-state index in [0.717, 1.165) is 25.7 Å². The Bertz CT molecular complexity index is 527. The van der Waals surface area contributed by atoms with Crippen LogP contribution in [0.5, 0.6) is 0 Å². The summed E-state index contributed by atoms with van der Waals surface area (Å²) in [7, 11) is 0. The molecule has 2 atom stereocenters. The molecule has 3 nitrogen and oxygen atoms in total. The maximum atomic E-state index is 13.8. The van der Waals surface area contributed by atoms with Crippen LogP contribution in [0.2, 0.25) is 5.02 Å². The maximum Gasteiger partial charge on any atom is 0.223 e. The summed E-state index contributed by atoms with van der Waals surface area (Å²) < 4.78 is 13.8. The van der Waals surface area contributed by atoms with E-state index in [1.54, 1.807) is 12.1 Å². The van der Waals surface area contributed by atoms with Gasteiger partial charge in [-0.15, -0.1) is 12.4 Å². The third-order valence-electron chi connectivity index (χ3n) is 4.62. The highest BCUT2D eigenvalue weighted by Crippen LogP contribution is 2.50. The third-order valence-corrected chi connectivity index (χ3v) is 4.95. The van der Waals surface area contributed by atoms with Gasteiger partial charge in [0.2, 0.25) is 5.91 Å². The van der Waals surface area contributed by atoms with E-state index in [1.165, 1.54) is 6.07 Å². The Morgan fingerprint density at radius 3 is 2.59 bits per heavy atom. The summed E-state index contributed by atoms with van der Waals surface area (Å²) >= 11 is 6.06. The van der Waals surface area contributed by atoms with Gasteiger partial charge >= 0.3 is 0 Å². The van der Waals surface area contributed by atoms with Gasteiger partial charge in [0.1, 0.15) is 5.82 Å². The number of halogens is 3. The lowest BCUT2D eigenvalue weighted by molar-refractivity contribution is -0.123. The molecule has 3 rings (SSSR count). The minimum Gasteiger partial charge on any atom is -0.353 e. The van der Waals surface area contributed by atoms with Crippen LogP contribution in [0.3, 0.4) is 0 Å². The summed E-state index contributed by atoms with van der Waals surface area (Å²) in [5.41, 5.74) is 6.35. The molecule has 1 aromatic carbocycles. The number of nitrogens with one attached hydrogen (secondary N) is 1. The average molecular weight is 347 g/mol. The van der Waals surface area contributed by atoms with E-state index in [4.69, 9.17) is 17.3 Å². The molecule has 0 saturated heterocycles. The highest BCUT2D eigenvalue weighted by Gasteiger charge is 2.46. The minimum absolute atomic E-state index is 0. The van der Waals surface area contributed by atoms with Gasteiger partial charge in [-0.2, -0.15) is 0 Å². The summed E-state index contributed by atoms with van der Waals surface area (Å²) in [5, 5.41) is 3.50. The van der Waals surface area contributed by atoms with Crippen LogP contribution in [0.25, 0.3) is 0 Å². The van der Waals surface area contributed by atoms with Gasteiger partial charge in [-0.05, 0) is 44.2 Å². The molecule has 0 spiro atoms. The van der Waals surface area contributed by atoms with Gasteiger partial charge < -0.3 is 11.1 Å². The topological polar surface area (TPSA) is 55.1 Å². The fourth-order valence-corrected chi connectivity index (χ4v) is 3.54. The van der Waals surface area contributed by atoms with Crippen molar-refractivity contribution in [2.45, 2.75) is 50.1 Å². The smallest absolute Gasteiger partial charge is 0.223 e. The number of rotatable bonds is 3. The van der Waals surface area contributed by atoms with Crippen molar-refractivity contribution in [1.82, 2.24) is 5.32 Å². The number of nitrogens with two attached hydrogens (primary N) is 1. The number of benzene rings is 1. The van der Waals surface area contributed by atoms with Crippen molar-refractivity contribution in [3.8, 4) is 0 Å². The van der Waals surface area contributed by atoms with Crippen LogP contribution in [0.15, 0.2) is 18.2 Å². The zero-order chi connectivity index (χ0) is 15.0. The van der Waals surface area contributed by atoms with E-state index in [9.17, 15) is 9.18 Å². The van der Waals surface area contributed by atoms with E-state index < -0.39 is 0 Å². The molecule has 0 bridgehead atoms. The van der Waals surface area contributed by atoms with Crippen molar-refractivity contribution < 1.29 is 9.18 Å². The van der Waals surface area contributed by atoms with Crippen LogP contribution in [-0.4, -0.2) is 18.0 Å². The molecule has 6 heteroatoms. The molecular weight excluding hydrogens is 326 g/mol. The normalized spacial score (nSPS) is 30.3. The summed E-state index contributed by atoms with van der Waals surface area (Å²) in [6.07, 6.45) is 4.46. The zero-order valence-corrected chi connectivity index (χ0v) is 13.8. The highest BCUT2D eigenvalue weighted by molar-refractivity contribution is 6.31. The first kappa shape index (κ1) is 17.5. The Hall–Kier alpha value is -0.840. The standard InChI is InChI=1S/C16H20ClFN2O.ClH/c17-13-2-1-3-14(18)15(13)11-8-12(11)16(21)20-10-6-4-9(19)5-7-10;/h1-3,9-12H,4-8,19H2,(H,20,21);1H. The van der Waals surface area contributed by atoms with E-state index >= 15 is 0 Å². The van der Waals surface area contributed by atoms with E-state index in [-0.39, 0.29) is 48.1 Å². The molecule has 22 heavy (non-hydrogen) atoms. The Balaban J connectivity index is 0.00000176. The predicted octanol–water partition coefficient (Wildman–Crippen LogP) is 3.39. The largest absolute Gasteiger partial charge is 0.353 e. The monoisotopic (exact) mass is 346 g/mol. The highest BCUT2D eigenvalue weighted by atomic mass is 35.5. The number of hydrogen-bond donors (Lipinski definition) is 2. The molecule has 2 fully saturated rings. The number of carbonyl (C=O) groups excluding carboxylic acids is 1. The molecule has 2 saturated carbocycles. The summed E-state index contributed by atoms with van der Waals surface area (Å²) in [6, 6.07) is 5.15. The predicted molar refractivity (Wildman–Crippen MR) is 87.9 cm³/mol. The summed E-state index contributed by atoms with van der Waals surface area (Å²) in [5.74, 6) is -0.509. The van der Waals surface area contributed by atoms with Gasteiger partial charge in [0, 0.05) is 34.5 Å². The van der Waals surface area contributed by atoms with Crippen LogP contribution in [0.1, 0.15) is 43.6 Å². The number of hydrogen-bond acceptors (Lipinski definition) is 2. The molecule has 0 aromatic heterocycles. The Kier molecular flexibility index (Phi) is 5.70. The van der Waals surface area contributed by atoms with Crippen LogP contribution < -0.4 is 11.1 Å². The number of amides is 1. The molecular formula is C16H21Cl2FN2O. The first-order valence-corrected chi connectivity index (χ1v) is 7.94. The molecule has 1 aromatic rings. The Labute approximate surface area is 141 Å². The lowest BCUT2D eigenvalue weighted by Crippen LogP contribution is -2.41. The molecule has 1 amide bonds. The molecule has 3 N–H and O–H groups in total. The summed E-state index contributed by atoms with van der Waals surface area (Å²) in [4.78, 5) is 12.3. The van der Waals surface area contributed by atoms with Crippen molar-refractivity contribution in [2.75, 3.05) is 0 Å². The van der Waals surface area contributed by atoms with E-state index in [2.05, 4.69) is 5.32 Å². The van der Waals surface area contributed by atoms with Gasteiger partial charge in [0.25, 0.3) is 0 Å². The average Bonchev–Trinajstić information content (AvgIpc) is 3.21. The van der Waals surface area contributed by atoms with Gasteiger partial charge in [-0.25, -0.2) is 4.39 Å². The van der Waals surface area contributed by atoms with Crippen molar-refractivity contribution in [2.24, 2.45) is 11.7 Å². The molecule has 2 aliphatic rings. The van der Waals surface area contributed by atoms with Crippen LogP contribution in [0, 0.1) is 11.7 Å². The lowest BCUT2D eigenvalue weighted by Gasteiger charge is -2.26. The second-order valence-electron chi connectivity index (χ2n) is 6.20. The van der Waals surface area contributed by atoms with Crippen molar-refractivity contribution >= 4 is 29.9 Å². The maximum absolute atomic E-state index is 13.8. The zero-order valence-electron chi connectivity index (χ0n) is 12.2. The Morgan fingerprint density at radius 1 is 1.27 bits per heavy atom. The van der Waals surface area contributed by atoms with Crippen molar-refractivity contribution in [3.05, 3.63) is 34.6 Å². The van der Waals surface area contributed by atoms with Gasteiger partial charge in [0.15, 0.2) is 0 Å². The number of carbonyl (C=O) groups is 1. The second-order valence-corrected chi connectivity index (χ2v) is 6.61. The quantitative estimate of drug-likeness (QED) is 0.881. The van der Waals surface area contributed by atoms with Crippen molar-refractivity contribution in [3.63, 3.8) is 0 Å². The second kappa shape index (κ2) is 7.16. The Morgan fingerprint density at radius 2 is 1.95 bits per heavy atom. The molecule has 2 aliphatic carbocycles. The minimum atomic E-state index is -0.313. The molecule has 2 unspecified atom stereocenters. The van der Waals surface area contributed by atoms with Gasteiger partial charge in [-0.3, -0.25) is 4.79 Å². The molecule has 0 radical (unpaired) electrons. The first-order chi connectivity index (χ1) is 10.1. The van der Waals surface area contributed by atoms with Crippen LogP contribution in [0.4, 0.5) is 4.39 Å². The first-order valence-electron chi connectivity index (χ1n) is 7.56. The van der Waals surface area contributed by atoms with Gasteiger partial charge in [0.05, 0.1) is 0 Å². The van der Waals surface area contributed by atoms with E-state index in [1.807, 2.05) is 0 Å². The van der Waals surface area contributed by atoms with Crippen LogP contribution >= 0.6 is 24.0 Å². The molecule has 0 aliphatic heterocycles. The third kappa shape index (κ3) is 3.73. The van der Waals surface area contributed by atoms with Gasteiger partial charge in [-0.1, -0.05) is 17.7 Å². The fraction of sp³-hybridized carbons (Fsp3) is 0.562. The van der Waals surface area contributed by atoms with Crippen molar-refractivity contribution in [1.29, 1.82) is 0 Å². The van der Waals surface area contributed by atoms with Crippen LogP contribution in [-0.2, 0) is 4.79 Å². The molecule has 0 heterocycles. The molecule has 122 valence electrons. The van der Waals surface area contributed by atoms with E-state index in [0.29, 0.717) is 17.0 Å². The SMILES string of the molecule is Cl.NC1CCC(NC(=O)C2CC2c2c(F)cccc2Cl)CC1. The lowest BCUT2D eigenvalue weighted by atomic mass is 9.91.